The molecule has 0 atom stereocenters. The molecule has 3 aromatic rings. The summed E-state index contributed by atoms with van der Waals surface area (Å²) in [4.78, 5) is 40.8. The van der Waals surface area contributed by atoms with Crippen LogP contribution in [0.25, 0.3) is 10.9 Å². The second-order valence-corrected chi connectivity index (χ2v) is 7.69. The highest BCUT2D eigenvalue weighted by molar-refractivity contribution is 5.94. The zero-order chi connectivity index (χ0) is 23.8. The van der Waals surface area contributed by atoms with Crippen LogP contribution in [0.3, 0.4) is 0 Å². The molecule has 0 aliphatic heterocycles. The highest BCUT2D eigenvalue weighted by Gasteiger charge is 2.14. The minimum absolute atomic E-state index is 0.0830. The first-order valence-corrected chi connectivity index (χ1v) is 11.4. The van der Waals surface area contributed by atoms with Crippen molar-refractivity contribution in [3.8, 4) is 11.5 Å². The first-order chi connectivity index (χ1) is 16.0. The molecule has 0 saturated heterocycles. The Morgan fingerprint density at radius 3 is 2.27 bits per heavy atom. The molecule has 2 N–H and O–H groups in total. The van der Waals surface area contributed by atoms with Crippen molar-refractivity contribution in [3.05, 3.63) is 68.4 Å². The summed E-state index contributed by atoms with van der Waals surface area (Å²) in [6, 6.07) is 10.1. The molecule has 1 amide bonds. The molecule has 1 aromatic heterocycles. The number of hydrogen-bond donors (Lipinski definition) is 2. The van der Waals surface area contributed by atoms with Crippen LogP contribution in [0.15, 0.2) is 46.0 Å². The van der Waals surface area contributed by atoms with E-state index in [2.05, 4.69) is 17.2 Å². The van der Waals surface area contributed by atoms with Gasteiger partial charge in [-0.2, -0.15) is 0 Å². The van der Waals surface area contributed by atoms with Crippen LogP contribution >= 0.6 is 0 Å². The lowest BCUT2D eigenvalue weighted by atomic mass is 10.1. The van der Waals surface area contributed by atoms with Crippen molar-refractivity contribution in [1.29, 1.82) is 0 Å². The molecular weight excluding hydrogens is 422 g/mol. The first-order valence-electron chi connectivity index (χ1n) is 11.4. The van der Waals surface area contributed by atoms with Gasteiger partial charge in [0.1, 0.15) is 0 Å². The fraction of sp³-hybridized carbons (Fsp3) is 0.400. The van der Waals surface area contributed by atoms with Crippen LogP contribution in [-0.2, 0) is 6.54 Å². The molecule has 3 rings (SSSR count). The van der Waals surface area contributed by atoms with E-state index in [9.17, 15) is 14.4 Å². The lowest BCUT2D eigenvalue weighted by Crippen LogP contribution is -2.35. The van der Waals surface area contributed by atoms with Crippen LogP contribution in [0.2, 0.25) is 0 Å². The molecule has 0 spiro atoms. The zero-order valence-electron chi connectivity index (χ0n) is 19.4. The van der Waals surface area contributed by atoms with Gasteiger partial charge in [-0.25, -0.2) is 4.79 Å². The van der Waals surface area contributed by atoms with E-state index in [1.807, 2.05) is 13.8 Å². The summed E-state index contributed by atoms with van der Waals surface area (Å²) in [5.41, 5.74) is 0.732. The molecule has 0 saturated carbocycles. The molecule has 33 heavy (non-hydrogen) atoms. The molecule has 2 aromatic carbocycles. The Labute approximate surface area is 192 Å². The largest absolute Gasteiger partial charge is 0.490 e. The van der Waals surface area contributed by atoms with Gasteiger partial charge in [0, 0.05) is 18.2 Å². The first kappa shape index (κ1) is 24.1. The van der Waals surface area contributed by atoms with E-state index in [0.717, 1.165) is 29.4 Å². The molecule has 0 bridgehead atoms. The predicted molar refractivity (Wildman–Crippen MR) is 129 cm³/mol. The molecule has 176 valence electrons. The summed E-state index contributed by atoms with van der Waals surface area (Å²) in [5, 5.41) is 3.24. The van der Waals surface area contributed by atoms with Crippen molar-refractivity contribution in [2.24, 2.45) is 0 Å². The van der Waals surface area contributed by atoms with E-state index in [-0.39, 0.29) is 12.5 Å². The lowest BCUT2D eigenvalue weighted by molar-refractivity contribution is 0.0953. The number of carbonyl (C=O) groups excluding carboxylic acids is 1. The average Bonchev–Trinajstić information content (AvgIpc) is 2.81. The van der Waals surface area contributed by atoms with E-state index < -0.39 is 11.2 Å². The highest BCUT2D eigenvalue weighted by Crippen LogP contribution is 2.30. The number of ether oxygens (including phenoxy) is 2. The standard InChI is InChI=1S/C25H31N3O5/c1-4-7-8-13-26-23(29)18-11-9-17(10-12-18)16-28-24(30)19-14-21(32-5-2)22(33-6-3)15-20(19)27-25(28)31/h9-12,14-15H,4-8,13,16H2,1-3H3,(H,26,29)(H,27,31). The molecule has 0 unspecified atom stereocenters. The molecule has 0 aliphatic rings. The van der Waals surface area contributed by atoms with Gasteiger partial charge in [-0.15, -0.1) is 0 Å². The van der Waals surface area contributed by atoms with E-state index in [1.165, 1.54) is 0 Å². The molecule has 1 heterocycles. The van der Waals surface area contributed by atoms with Gasteiger partial charge in [-0.3, -0.25) is 14.2 Å². The number of carbonyl (C=O) groups is 1. The number of hydrogen-bond acceptors (Lipinski definition) is 5. The van der Waals surface area contributed by atoms with E-state index in [0.29, 0.717) is 47.7 Å². The second-order valence-electron chi connectivity index (χ2n) is 7.69. The molecule has 0 radical (unpaired) electrons. The third-order valence-corrected chi connectivity index (χ3v) is 5.27. The number of H-pyrrole nitrogens is 1. The minimum Gasteiger partial charge on any atom is -0.490 e. The average molecular weight is 454 g/mol. The number of aromatic nitrogens is 2. The number of fused-ring (bicyclic) bond motifs is 1. The SMILES string of the molecule is CCCCCNC(=O)c1ccc(Cn2c(=O)[nH]c3cc(OCC)c(OCC)cc3c2=O)cc1. The van der Waals surface area contributed by atoms with Crippen molar-refractivity contribution in [2.75, 3.05) is 19.8 Å². The maximum absolute atomic E-state index is 13.1. The van der Waals surface area contributed by atoms with Gasteiger partial charge < -0.3 is 19.8 Å². The maximum atomic E-state index is 13.1. The Morgan fingerprint density at radius 2 is 1.64 bits per heavy atom. The number of nitrogens with one attached hydrogen (secondary N) is 2. The van der Waals surface area contributed by atoms with Crippen molar-refractivity contribution in [3.63, 3.8) is 0 Å². The Hall–Kier alpha value is -3.55. The number of benzene rings is 2. The molecular formula is C25H31N3O5. The van der Waals surface area contributed by atoms with Gasteiger partial charge in [0.2, 0.25) is 0 Å². The summed E-state index contributed by atoms with van der Waals surface area (Å²) in [6.07, 6.45) is 3.12. The summed E-state index contributed by atoms with van der Waals surface area (Å²) in [6.45, 7) is 7.39. The van der Waals surface area contributed by atoms with Crippen LogP contribution < -0.4 is 26.0 Å². The fourth-order valence-corrected chi connectivity index (χ4v) is 3.56. The zero-order valence-corrected chi connectivity index (χ0v) is 19.4. The van der Waals surface area contributed by atoms with Crippen molar-refractivity contribution in [2.45, 2.75) is 46.6 Å². The van der Waals surface area contributed by atoms with Gasteiger partial charge >= 0.3 is 5.69 Å². The van der Waals surface area contributed by atoms with Crippen LogP contribution in [-0.4, -0.2) is 35.2 Å². The fourth-order valence-electron chi connectivity index (χ4n) is 3.56. The monoisotopic (exact) mass is 453 g/mol. The Morgan fingerprint density at radius 1 is 0.970 bits per heavy atom. The van der Waals surface area contributed by atoms with Gasteiger partial charge in [-0.1, -0.05) is 31.9 Å². The number of amides is 1. The molecule has 8 heteroatoms. The smallest absolute Gasteiger partial charge is 0.329 e. The summed E-state index contributed by atoms with van der Waals surface area (Å²) < 4.78 is 12.3. The Bertz CT molecular complexity index is 1210. The summed E-state index contributed by atoms with van der Waals surface area (Å²) >= 11 is 0. The van der Waals surface area contributed by atoms with Crippen LogP contribution in [0, 0.1) is 0 Å². The summed E-state index contributed by atoms with van der Waals surface area (Å²) in [7, 11) is 0. The third-order valence-electron chi connectivity index (χ3n) is 5.27. The summed E-state index contributed by atoms with van der Waals surface area (Å²) in [5.74, 6) is 0.798. The topological polar surface area (TPSA) is 102 Å². The molecule has 0 fully saturated rings. The minimum atomic E-state index is -0.517. The van der Waals surface area contributed by atoms with Crippen LogP contribution in [0.4, 0.5) is 0 Å². The normalized spacial score (nSPS) is 10.9. The van der Waals surface area contributed by atoms with Crippen LogP contribution in [0.5, 0.6) is 11.5 Å². The van der Waals surface area contributed by atoms with Gasteiger partial charge in [0.25, 0.3) is 11.5 Å². The van der Waals surface area contributed by atoms with E-state index in [4.69, 9.17) is 9.47 Å². The number of unbranched alkanes of at least 4 members (excludes halogenated alkanes) is 2. The predicted octanol–water partition coefficient (Wildman–Crippen LogP) is 3.46. The number of aromatic amines is 1. The Balaban J connectivity index is 1.85. The number of rotatable bonds is 11. The van der Waals surface area contributed by atoms with Crippen molar-refractivity contribution >= 4 is 16.8 Å². The number of nitrogens with zero attached hydrogens (tertiary/aromatic N) is 1. The van der Waals surface area contributed by atoms with E-state index >= 15 is 0 Å². The van der Waals surface area contributed by atoms with E-state index in [1.54, 1.807) is 36.4 Å². The van der Waals surface area contributed by atoms with Crippen LogP contribution in [0.1, 0.15) is 56.0 Å². The third kappa shape index (κ3) is 5.83. The Kier molecular flexibility index (Phi) is 8.29. The van der Waals surface area contributed by atoms with Crippen molar-refractivity contribution in [1.82, 2.24) is 14.9 Å². The second kappa shape index (κ2) is 11.4. The molecule has 0 aliphatic carbocycles. The van der Waals surface area contributed by atoms with Gasteiger partial charge in [-0.05, 0) is 44.0 Å². The highest BCUT2D eigenvalue weighted by atomic mass is 16.5. The van der Waals surface area contributed by atoms with Gasteiger partial charge in [0.05, 0.1) is 30.7 Å². The maximum Gasteiger partial charge on any atom is 0.329 e. The molecule has 8 nitrogen and oxygen atoms in total. The van der Waals surface area contributed by atoms with Gasteiger partial charge in [0.15, 0.2) is 11.5 Å². The lowest BCUT2D eigenvalue weighted by Gasteiger charge is -2.13. The van der Waals surface area contributed by atoms with Crippen molar-refractivity contribution < 1.29 is 14.3 Å². The quantitative estimate of drug-likeness (QED) is 0.433.